The van der Waals surface area contributed by atoms with E-state index in [0.717, 1.165) is 37.0 Å². The molecule has 15 heavy (non-hydrogen) atoms. The van der Waals surface area contributed by atoms with E-state index in [1.54, 1.807) is 0 Å². The highest BCUT2D eigenvalue weighted by atomic mass is 31.0. The Labute approximate surface area is 92.1 Å². The number of nitrogens with one attached hydrogen (secondary N) is 1. The van der Waals surface area contributed by atoms with Crippen LogP contribution in [0.15, 0.2) is 24.3 Å². The molecule has 0 spiro atoms. The average molecular weight is 222 g/mol. The molecule has 1 aromatic rings. The quantitative estimate of drug-likeness (QED) is 0.690. The van der Waals surface area contributed by atoms with Crippen molar-refractivity contribution in [3.8, 4) is 0 Å². The lowest BCUT2D eigenvalue weighted by atomic mass is 10.2. The summed E-state index contributed by atoms with van der Waals surface area (Å²) >= 11 is 0. The first kappa shape index (κ1) is 10.6. The topological polar surface area (TPSA) is 32.3 Å². The molecule has 0 bridgehead atoms. The molecule has 0 aromatic heterocycles. The highest BCUT2D eigenvalue weighted by molar-refractivity contribution is 7.27. The molecule has 1 N–H and O–H groups in total. The highest BCUT2D eigenvalue weighted by Gasteiger charge is 2.17. The van der Waals surface area contributed by atoms with E-state index in [9.17, 15) is 4.79 Å². The van der Waals surface area contributed by atoms with Crippen LogP contribution < -0.4 is 10.6 Å². The summed E-state index contributed by atoms with van der Waals surface area (Å²) in [6.45, 7) is 3.41. The molecule has 2 rings (SSSR count). The van der Waals surface area contributed by atoms with E-state index < -0.39 is 0 Å². The molecule has 80 valence electrons. The first-order valence-corrected chi connectivity index (χ1v) is 5.70. The highest BCUT2D eigenvalue weighted by Crippen LogP contribution is 2.05. The number of nitrogens with zero attached hydrogens (tertiary/aromatic N) is 1. The number of rotatable bonds is 1. The number of carbonyl (C=O) groups is 1. The lowest BCUT2D eigenvalue weighted by molar-refractivity contribution is 0.0736. The van der Waals surface area contributed by atoms with Gasteiger partial charge in [-0.25, -0.2) is 0 Å². The third kappa shape index (κ3) is 2.55. The Kier molecular flexibility index (Phi) is 3.34. The third-order valence-corrected chi connectivity index (χ3v) is 2.95. The van der Waals surface area contributed by atoms with Crippen LogP contribution in [0.4, 0.5) is 0 Å². The van der Waals surface area contributed by atoms with Crippen LogP contribution in [0, 0.1) is 0 Å². The summed E-state index contributed by atoms with van der Waals surface area (Å²) < 4.78 is 0. The predicted octanol–water partition coefficient (Wildman–Crippen LogP) is 0.232. The molecule has 1 aromatic carbocycles. The maximum Gasteiger partial charge on any atom is 0.253 e. The van der Waals surface area contributed by atoms with E-state index in [0.29, 0.717) is 0 Å². The first-order valence-electron chi connectivity index (χ1n) is 5.13. The number of hydrogen-bond acceptors (Lipinski definition) is 2. The lowest BCUT2D eigenvalue weighted by Crippen LogP contribution is -2.46. The van der Waals surface area contributed by atoms with E-state index in [4.69, 9.17) is 0 Å². The number of amides is 1. The average Bonchev–Trinajstić information content (AvgIpc) is 2.30. The largest absolute Gasteiger partial charge is 0.336 e. The smallest absolute Gasteiger partial charge is 0.253 e. The molecule has 0 aliphatic carbocycles. The van der Waals surface area contributed by atoms with Gasteiger partial charge < -0.3 is 10.2 Å². The molecule has 1 fully saturated rings. The van der Waals surface area contributed by atoms with Gasteiger partial charge in [-0.05, 0) is 17.4 Å². The number of hydrogen-bond donors (Lipinski definition) is 1. The van der Waals surface area contributed by atoms with Crippen molar-refractivity contribution in [2.45, 2.75) is 0 Å². The van der Waals surface area contributed by atoms with Crippen LogP contribution in [0.3, 0.4) is 0 Å². The summed E-state index contributed by atoms with van der Waals surface area (Å²) in [6, 6.07) is 7.65. The van der Waals surface area contributed by atoms with Gasteiger partial charge in [0.25, 0.3) is 5.91 Å². The van der Waals surface area contributed by atoms with Crippen LogP contribution in [-0.2, 0) is 0 Å². The minimum absolute atomic E-state index is 0.140. The van der Waals surface area contributed by atoms with Crippen molar-refractivity contribution < 1.29 is 4.79 Å². The summed E-state index contributed by atoms with van der Waals surface area (Å²) in [5.74, 6) is 0.140. The minimum Gasteiger partial charge on any atom is -0.336 e. The van der Waals surface area contributed by atoms with Gasteiger partial charge in [-0.2, -0.15) is 0 Å². The monoisotopic (exact) mass is 222 g/mol. The van der Waals surface area contributed by atoms with Gasteiger partial charge in [0.2, 0.25) is 0 Å². The Balaban J connectivity index is 2.09. The molecule has 0 radical (unpaired) electrons. The van der Waals surface area contributed by atoms with Crippen molar-refractivity contribution in [1.82, 2.24) is 10.2 Å². The molecular weight excluding hydrogens is 207 g/mol. The second kappa shape index (κ2) is 4.73. The molecule has 1 atom stereocenters. The fraction of sp³-hybridized carbons (Fsp3) is 0.364. The van der Waals surface area contributed by atoms with Gasteiger partial charge in [0.05, 0.1) is 0 Å². The second-order valence-electron chi connectivity index (χ2n) is 3.66. The first-order chi connectivity index (χ1) is 7.27. The molecular formula is C11H15N2OP. The molecule has 1 aliphatic rings. The zero-order valence-corrected chi connectivity index (χ0v) is 9.73. The molecule has 1 saturated heterocycles. The number of benzene rings is 1. The fourth-order valence-corrected chi connectivity index (χ4v) is 1.87. The van der Waals surface area contributed by atoms with Gasteiger partial charge in [0, 0.05) is 31.7 Å². The molecule has 4 heteroatoms. The van der Waals surface area contributed by atoms with E-state index in [1.165, 1.54) is 0 Å². The SMILES string of the molecule is O=C(c1ccc(P)cc1)N1CCNCC1. The summed E-state index contributed by atoms with van der Waals surface area (Å²) in [5, 5.41) is 4.34. The van der Waals surface area contributed by atoms with Gasteiger partial charge >= 0.3 is 0 Å². The van der Waals surface area contributed by atoms with Crippen molar-refractivity contribution in [3.63, 3.8) is 0 Å². The van der Waals surface area contributed by atoms with Crippen LogP contribution in [0.25, 0.3) is 0 Å². The zero-order chi connectivity index (χ0) is 10.7. The predicted molar refractivity (Wildman–Crippen MR) is 64.6 cm³/mol. The standard InChI is InChI=1S/C11H15N2OP/c14-11(13-7-5-12-6-8-13)9-1-3-10(15)4-2-9/h1-4,12H,5-8,15H2. The van der Waals surface area contributed by atoms with E-state index in [1.807, 2.05) is 29.2 Å². The Morgan fingerprint density at radius 1 is 1.20 bits per heavy atom. The number of piperazine rings is 1. The zero-order valence-electron chi connectivity index (χ0n) is 8.57. The summed E-state index contributed by atoms with van der Waals surface area (Å²) in [6.07, 6.45) is 0. The van der Waals surface area contributed by atoms with Crippen molar-refractivity contribution in [2.75, 3.05) is 26.2 Å². The van der Waals surface area contributed by atoms with Crippen LogP contribution in [0.5, 0.6) is 0 Å². The van der Waals surface area contributed by atoms with Gasteiger partial charge in [-0.3, -0.25) is 4.79 Å². The molecule has 1 unspecified atom stereocenters. The minimum atomic E-state index is 0.140. The Bertz CT molecular complexity index is 344. The maximum absolute atomic E-state index is 12.0. The molecule has 1 aliphatic heterocycles. The van der Waals surface area contributed by atoms with Crippen molar-refractivity contribution in [2.24, 2.45) is 0 Å². The van der Waals surface area contributed by atoms with Crippen molar-refractivity contribution >= 4 is 20.5 Å². The van der Waals surface area contributed by atoms with Crippen LogP contribution in [0.1, 0.15) is 10.4 Å². The van der Waals surface area contributed by atoms with Gasteiger partial charge in [-0.1, -0.05) is 12.1 Å². The van der Waals surface area contributed by atoms with Gasteiger partial charge in [0.15, 0.2) is 0 Å². The maximum atomic E-state index is 12.0. The van der Waals surface area contributed by atoms with Gasteiger partial charge in [-0.15, -0.1) is 9.24 Å². The Hall–Kier alpha value is -0.920. The van der Waals surface area contributed by atoms with Crippen LogP contribution in [-0.4, -0.2) is 37.0 Å². The van der Waals surface area contributed by atoms with Crippen molar-refractivity contribution in [1.29, 1.82) is 0 Å². The van der Waals surface area contributed by atoms with Crippen LogP contribution in [0.2, 0.25) is 0 Å². The lowest BCUT2D eigenvalue weighted by Gasteiger charge is -2.27. The second-order valence-corrected chi connectivity index (χ2v) is 4.33. The van der Waals surface area contributed by atoms with Crippen LogP contribution >= 0.6 is 9.24 Å². The Morgan fingerprint density at radius 2 is 1.80 bits per heavy atom. The molecule has 1 heterocycles. The summed E-state index contributed by atoms with van der Waals surface area (Å²) in [4.78, 5) is 13.9. The molecule has 0 saturated carbocycles. The summed E-state index contributed by atoms with van der Waals surface area (Å²) in [5.41, 5.74) is 0.781. The van der Waals surface area contributed by atoms with Gasteiger partial charge in [0.1, 0.15) is 0 Å². The normalized spacial score (nSPS) is 16.5. The summed E-state index contributed by atoms with van der Waals surface area (Å²) in [7, 11) is 2.62. The fourth-order valence-electron chi connectivity index (χ4n) is 1.68. The van der Waals surface area contributed by atoms with E-state index in [2.05, 4.69) is 14.6 Å². The molecule has 3 nitrogen and oxygen atoms in total. The number of carbonyl (C=O) groups excluding carboxylic acids is 1. The molecule has 1 amide bonds. The third-order valence-electron chi connectivity index (χ3n) is 2.56. The Morgan fingerprint density at radius 3 is 2.40 bits per heavy atom. The van der Waals surface area contributed by atoms with E-state index >= 15 is 0 Å². The van der Waals surface area contributed by atoms with Crippen molar-refractivity contribution in [3.05, 3.63) is 29.8 Å². The van der Waals surface area contributed by atoms with E-state index in [-0.39, 0.29) is 5.91 Å².